The van der Waals surface area contributed by atoms with Gasteiger partial charge in [-0.05, 0) is 25.7 Å². The molecule has 1 amide bonds. The maximum atomic E-state index is 12.0. The van der Waals surface area contributed by atoms with Crippen molar-refractivity contribution in [3.63, 3.8) is 0 Å². The highest BCUT2D eigenvalue weighted by atomic mass is 35.5. The van der Waals surface area contributed by atoms with Crippen LogP contribution in [-0.2, 0) is 9.53 Å². The first-order valence-electron chi connectivity index (χ1n) is 6.93. The molecule has 0 aromatic carbocycles. The SMILES string of the molecule is CCOC1CC(CC(=O)Nc2nc(Cl)c3[nH]cnc3n2)C1. The normalized spacial score (nSPS) is 21.2. The van der Waals surface area contributed by atoms with Gasteiger partial charge in [0.15, 0.2) is 10.8 Å². The van der Waals surface area contributed by atoms with Crippen LogP contribution in [-0.4, -0.2) is 38.6 Å². The van der Waals surface area contributed by atoms with E-state index in [4.69, 9.17) is 16.3 Å². The third kappa shape index (κ3) is 3.14. The van der Waals surface area contributed by atoms with E-state index in [0.717, 1.165) is 19.4 Å². The largest absolute Gasteiger partial charge is 0.378 e. The smallest absolute Gasteiger partial charge is 0.233 e. The molecule has 2 aromatic rings. The van der Waals surface area contributed by atoms with E-state index in [9.17, 15) is 4.79 Å². The van der Waals surface area contributed by atoms with Crippen molar-refractivity contribution < 1.29 is 9.53 Å². The van der Waals surface area contributed by atoms with Gasteiger partial charge in [0.25, 0.3) is 0 Å². The predicted octanol–water partition coefficient (Wildman–Crippen LogP) is 2.15. The van der Waals surface area contributed by atoms with E-state index < -0.39 is 0 Å². The molecular formula is C13H16ClN5O2. The maximum Gasteiger partial charge on any atom is 0.233 e. The van der Waals surface area contributed by atoms with Gasteiger partial charge in [0.05, 0.1) is 12.4 Å². The Bertz CT molecular complexity index is 653. The molecule has 1 aliphatic carbocycles. The Kier molecular flexibility index (Phi) is 4.03. The monoisotopic (exact) mass is 309 g/mol. The average Bonchev–Trinajstić information content (AvgIpc) is 2.85. The number of ether oxygens (including phenoxy) is 1. The maximum absolute atomic E-state index is 12.0. The summed E-state index contributed by atoms with van der Waals surface area (Å²) in [5.41, 5.74) is 0.999. The molecule has 1 aliphatic rings. The number of fused-ring (bicyclic) bond motifs is 1. The molecule has 0 radical (unpaired) electrons. The minimum absolute atomic E-state index is 0.110. The first-order chi connectivity index (χ1) is 10.2. The lowest BCUT2D eigenvalue weighted by Gasteiger charge is -2.34. The number of imidazole rings is 1. The Morgan fingerprint density at radius 2 is 2.33 bits per heavy atom. The minimum atomic E-state index is -0.110. The van der Waals surface area contributed by atoms with Crippen LogP contribution in [0.4, 0.5) is 5.95 Å². The second kappa shape index (κ2) is 5.95. The van der Waals surface area contributed by atoms with Crippen LogP contribution in [0.1, 0.15) is 26.2 Å². The van der Waals surface area contributed by atoms with Crippen LogP contribution in [0.25, 0.3) is 11.2 Å². The number of carbonyl (C=O) groups excluding carboxylic acids is 1. The van der Waals surface area contributed by atoms with Crippen molar-refractivity contribution in [2.75, 3.05) is 11.9 Å². The summed E-state index contributed by atoms with van der Waals surface area (Å²) < 4.78 is 5.48. The number of hydrogen-bond acceptors (Lipinski definition) is 5. The van der Waals surface area contributed by atoms with Crippen molar-refractivity contribution in [2.24, 2.45) is 5.92 Å². The molecule has 112 valence electrons. The highest BCUT2D eigenvalue weighted by Gasteiger charge is 2.31. The van der Waals surface area contributed by atoms with Crippen molar-refractivity contribution >= 4 is 34.6 Å². The van der Waals surface area contributed by atoms with Crippen molar-refractivity contribution in [3.05, 3.63) is 11.5 Å². The molecule has 0 bridgehead atoms. The van der Waals surface area contributed by atoms with Gasteiger partial charge in [0.2, 0.25) is 11.9 Å². The van der Waals surface area contributed by atoms with Crippen LogP contribution < -0.4 is 5.32 Å². The Morgan fingerprint density at radius 1 is 1.52 bits per heavy atom. The number of nitrogens with zero attached hydrogens (tertiary/aromatic N) is 3. The fourth-order valence-corrected chi connectivity index (χ4v) is 2.72. The lowest BCUT2D eigenvalue weighted by molar-refractivity contribution is -0.119. The summed E-state index contributed by atoms with van der Waals surface area (Å²) in [4.78, 5) is 27.0. The topological polar surface area (TPSA) is 92.8 Å². The van der Waals surface area contributed by atoms with Crippen LogP contribution in [0.3, 0.4) is 0 Å². The number of anilines is 1. The molecule has 1 saturated carbocycles. The second-order valence-corrected chi connectivity index (χ2v) is 5.46. The van der Waals surface area contributed by atoms with E-state index in [-0.39, 0.29) is 17.0 Å². The van der Waals surface area contributed by atoms with Crippen LogP contribution >= 0.6 is 11.6 Å². The fraction of sp³-hybridized carbons (Fsp3) is 0.538. The highest BCUT2D eigenvalue weighted by Crippen LogP contribution is 2.32. The van der Waals surface area contributed by atoms with Gasteiger partial charge >= 0.3 is 0 Å². The van der Waals surface area contributed by atoms with Gasteiger partial charge in [-0.2, -0.15) is 9.97 Å². The van der Waals surface area contributed by atoms with Crippen LogP contribution in [0.15, 0.2) is 6.33 Å². The lowest BCUT2D eigenvalue weighted by Crippen LogP contribution is -2.34. The average molecular weight is 310 g/mol. The van der Waals surface area contributed by atoms with E-state index in [1.165, 1.54) is 6.33 Å². The second-order valence-electron chi connectivity index (χ2n) is 5.11. The minimum Gasteiger partial charge on any atom is -0.378 e. The molecular weight excluding hydrogens is 294 g/mol. The van der Waals surface area contributed by atoms with Gasteiger partial charge in [0.1, 0.15) is 5.52 Å². The van der Waals surface area contributed by atoms with E-state index in [1.54, 1.807) is 0 Å². The number of H-pyrrole nitrogens is 1. The van der Waals surface area contributed by atoms with Crippen molar-refractivity contribution in [1.29, 1.82) is 0 Å². The number of hydrogen-bond donors (Lipinski definition) is 2. The predicted molar refractivity (Wildman–Crippen MR) is 78.1 cm³/mol. The molecule has 0 atom stereocenters. The van der Waals surface area contributed by atoms with E-state index >= 15 is 0 Å². The summed E-state index contributed by atoms with van der Waals surface area (Å²) in [5.74, 6) is 0.442. The summed E-state index contributed by atoms with van der Waals surface area (Å²) in [5, 5.41) is 2.91. The zero-order valence-corrected chi connectivity index (χ0v) is 12.4. The Labute approximate surface area is 126 Å². The highest BCUT2D eigenvalue weighted by molar-refractivity contribution is 6.33. The molecule has 1 fully saturated rings. The first kappa shape index (κ1) is 14.2. The standard InChI is InChI=1S/C13H16ClN5O2/c1-2-21-8-3-7(4-8)5-9(20)17-13-18-11(14)10-12(19-13)16-6-15-10/h6-8H,2-5H2,1H3,(H2,15,16,17,18,19,20). The zero-order chi connectivity index (χ0) is 14.8. The molecule has 2 heterocycles. The Balaban J connectivity index is 1.57. The van der Waals surface area contributed by atoms with Crippen LogP contribution in [0.2, 0.25) is 5.15 Å². The fourth-order valence-electron chi connectivity index (χ4n) is 2.50. The molecule has 3 rings (SSSR count). The first-order valence-corrected chi connectivity index (χ1v) is 7.31. The van der Waals surface area contributed by atoms with Gasteiger partial charge in [-0.1, -0.05) is 11.6 Å². The van der Waals surface area contributed by atoms with Crippen LogP contribution in [0.5, 0.6) is 0 Å². The summed E-state index contributed by atoms with van der Waals surface area (Å²) in [7, 11) is 0. The molecule has 2 N–H and O–H groups in total. The van der Waals surface area contributed by atoms with Gasteiger partial charge in [-0.15, -0.1) is 0 Å². The number of aromatic nitrogens is 4. The van der Waals surface area contributed by atoms with Crippen molar-refractivity contribution in [3.8, 4) is 0 Å². The van der Waals surface area contributed by atoms with Gasteiger partial charge in [0, 0.05) is 13.0 Å². The summed E-state index contributed by atoms with van der Waals surface area (Å²) in [6.07, 6.45) is 4.10. The van der Waals surface area contributed by atoms with E-state index in [1.807, 2.05) is 6.92 Å². The number of amides is 1. The molecule has 2 aromatic heterocycles. The van der Waals surface area contributed by atoms with Gasteiger partial charge < -0.3 is 9.72 Å². The molecule has 0 spiro atoms. The molecule has 0 saturated heterocycles. The van der Waals surface area contributed by atoms with E-state index in [0.29, 0.717) is 29.6 Å². The Hall–Kier alpha value is -1.73. The van der Waals surface area contributed by atoms with Gasteiger partial charge in [-0.3, -0.25) is 10.1 Å². The van der Waals surface area contributed by atoms with Crippen molar-refractivity contribution in [1.82, 2.24) is 19.9 Å². The number of rotatable bonds is 5. The van der Waals surface area contributed by atoms with Crippen LogP contribution in [0, 0.1) is 5.92 Å². The molecule has 21 heavy (non-hydrogen) atoms. The van der Waals surface area contributed by atoms with Gasteiger partial charge in [-0.25, -0.2) is 4.98 Å². The lowest BCUT2D eigenvalue weighted by atomic mass is 9.80. The van der Waals surface area contributed by atoms with E-state index in [2.05, 4.69) is 25.3 Å². The molecule has 7 nitrogen and oxygen atoms in total. The third-order valence-corrected chi connectivity index (χ3v) is 3.84. The summed E-state index contributed by atoms with van der Waals surface area (Å²) in [6.45, 7) is 2.70. The number of nitrogens with one attached hydrogen (secondary N) is 2. The third-order valence-electron chi connectivity index (χ3n) is 3.56. The summed E-state index contributed by atoms with van der Waals surface area (Å²) in [6, 6.07) is 0. The summed E-state index contributed by atoms with van der Waals surface area (Å²) >= 11 is 5.99. The number of halogens is 1. The quantitative estimate of drug-likeness (QED) is 0.826. The molecule has 0 aliphatic heterocycles. The van der Waals surface area contributed by atoms with Crippen molar-refractivity contribution in [2.45, 2.75) is 32.3 Å². The molecule has 0 unspecified atom stereocenters. The Morgan fingerprint density at radius 3 is 3.10 bits per heavy atom. The number of aromatic amines is 1. The number of carbonyl (C=O) groups is 1. The zero-order valence-electron chi connectivity index (χ0n) is 11.6. The molecule has 8 heteroatoms.